The number of hydrogen-bond acceptors (Lipinski definition) is 6. The van der Waals surface area contributed by atoms with Crippen LogP contribution in [0.3, 0.4) is 0 Å². The van der Waals surface area contributed by atoms with E-state index in [0.717, 1.165) is 25.7 Å². The van der Waals surface area contributed by atoms with Crippen molar-refractivity contribution < 1.29 is 22.2 Å². The molecule has 1 heterocycles. The maximum absolute atomic E-state index is 13.7. The number of aryl methyl sites for hydroxylation is 1. The summed E-state index contributed by atoms with van der Waals surface area (Å²) in [6, 6.07) is 11.3. The van der Waals surface area contributed by atoms with Crippen molar-refractivity contribution in [2.75, 3.05) is 11.5 Å². The van der Waals surface area contributed by atoms with Crippen LogP contribution in [0.25, 0.3) is 11.1 Å². The number of rotatable bonds is 13. The first-order valence-electron chi connectivity index (χ1n) is 13.5. The van der Waals surface area contributed by atoms with Crippen LogP contribution in [0.5, 0.6) is 0 Å². The second-order valence-electron chi connectivity index (χ2n) is 10.3. The lowest BCUT2D eigenvalue weighted by Crippen LogP contribution is -2.33. The van der Waals surface area contributed by atoms with Gasteiger partial charge in [0.15, 0.2) is 15.6 Å². The van der Waals surface area contributed by atoms with Crippen molar-refractivity contribution >= 4 is 27.0 Å². The van der Waals surface area contributed by atoms with E-state index in [1.807, 2.05) is 6.92 Å². The molecule has 1 N–H and O–H groups in total. The topological polar surface area (TPSA) is 108 Å². The maximum atomic E-state index is 13.7. The minimum absolute atomic E-state index is 0.0269. The van der Waals surface area contributed by atoms with Gasteiger partial charge >= 0.3 is 0 Å². The number of ketones is 1. The molecule has 3 aromatic rings. The monoisotopic (exact) mass is 586 g/mol. The zero-order valence-corrected chi connectivity index (χ0v) is 24.6. The first-order valence-corrected chi connectivity index (χ1v) is 16.7. The summed E-state index contributed by atoms with van der Waals surface area (Å²) in [7, 11) is -1.75. The average molecular weight is 587 g/mol. The van der Waals surface area contributed by atoms with Crippen LogP contribution in [0.15, 0.2) is 59.5 Å². The summed E-state index contributed by atoms with van der Waals surface area (Å²) < 4.78 is 56.1. The maximum Gasteiger partial charge on any atom is 0.250 e. The summed E-state index contributed by atoms with van der Waals surface area (Å²) in [4.78, 5) is 26.6. The molecule has 0 spiro atoms. The number of sulfone groups is 1. The molecule has 214 valence electrons. The molecule has 0 unspecified atom stereocenters. The van der Waals surface area contributed by atoms with Crippen LogP contribution in [-0.2, 0) is 34.0 Å². The van der Waals surface area contributed by atoms with Gasteiger partial charge < -0.3 is 9.12 Å². The predicted octanol–water partition coefficient (Wildman–Crippen LogP) is 4.86. The molecule has 40 heavy (non-hydrogen) atoms. The van der Waals surface area contributed by atoms with Gasteiger partial charge in [-0.05, 0) is 72.2 Å². The standard InChI is InChI=1S/C30H35FN2O5S2/c1-4-6-15-39(36)32-29(21-8-9-21)26-17-28(34)33(3)18-27(26)25-16-20(19-40(37,38)5-2)7-14-24(25)30(35)22-10-12-23(31)13-11-22/h7,10-14,16-18,21,29,32H,4-6,8-9,15,19H2,1-3H3/t29-,39-/m0/s1. The van der Waals surface area contributed by atoms with Crippen molar-refractivity contribution in [2.24, 2.45) is 13.0 Å². The highest BCUT2D eigenvalue weighted by Crippen LogP contribution is 2.44. The Kier molecular flexibility index (Phi) is 9.66. The van der Waals surface area contributed by atoms with E-state index in [4.69, 9.17) is 0 Å². The molecular weight excluding hydrogens is 551 g/mol. The van der Waals surface area contributed by atoms with Crippen molar-refractivity contribution in [1.29, 1.82) is 0 Å². The van der Waals surface area contributed by atoms with E-state index < -0.39 is 27.0 Å². The molecule has 1 aliphatic rings. The van der Waals surface area contributed by atoms with Gasteiger partial charge in [0.1, 0.15) is 11.6 Å². The fourth-order valence-electron chi connectivity index (χ4n) is 4.66. The summed E-state index contributed by atoms with van der Waals surface area (Å²) in [6.45, 7) is 3.61. The summed E-state index contributed by atoms with van der Waals surface area (Å²) in [5.74, 6) is -0.391. The molecule has 0 bridgehead atoms. The van der Waals surface area contributed by atoms with Crippen molar-refractivity contribution in [3.8, 4) is 11.1 Å². The molecule has 1 aliphatic carbocycles. The van der Waals surface area contributed by atoms with E-state index in [1.54, 1.807) is 38.4 Å². The summed E-state index contributed by atoms with van der Waals surface area (Å²) in [5, 5.41) is 0. The summed E-state index contributed by atoms with van der Waals surface area (Å²) in [5.41, 5.74) is 2.51. The van der Waals surface area contributed by atoms with Gasteiger partial charge in [-0.25, -0.2) is 12.8 Å². The van der Waals surface area contributed by atoms with Gasteiger partial charge in [0, 0.05) is 53.1 Å². The normalized spacial score (nSPS) is 15.1. The molecule has 2 aromatic carbocycles. The highest BCUT2D eigenvalue weighted by molar-refractivity contribution is 7.90. The Balaban J connectivity index is 1.90. The molecule has 2 atom stereocenters. The first kappa shape index (κ1) is 30.2. The number of hydrogen-bond donors (Lipinski definition) is 1. The number of benzene rings is 2. The Morgan fingerprint density at radius 2 is 1.82 bits per heavy atom. The van der Waals surface area contributed by atoms with E-state index in [-0.39, 0.29) is 40.4 Å². The van der Waals surface area contributed by atoms with Crippen molar-refractivity contribution in [1.82, 2.24) is 9.29 Å². The largest absolute Gasteiger partial charge is 0.598 e. The molecule has 0 aliphatic heterocycles. The van der Waals surface area contributed by atoms with Crippen molar-refractivity contribution in [2.45, 2.75) is 51.3 Å². The first-order chi connectivity index (χ1) is 19.0. The third-order valence-electron chi connectivity index (χ3n) is 7.18. The van der Waals surface area contributed by atoms with Gasteiger partial charge in [-0.15, -0.1) is 4.72 Å². The molecule has 4 rings (SSSR count). The Bertz CT molecular complexity index is 1530. The fourth-order valence-corrected chi connectivity index (χ4v) is 6.82. The highest BCUT2D eigenvalue weighted by atomic mass is 32.2. The molecular formula is C30H35FN2O5S2. The van der Waals surface area contributed by atoms with Crippen LogP contribution < -0.4 is 10.3 Å². The number of nitrogens with one attached hydrogen (secondary N) is 1. The number of unbranched alkanes of at least 4 members (excludes halogenated alkanes) is 1. The number of pyridine rings is 1. The smallest absolute Gasteiger partial charge is 0.250 e. The lowest BCUT2D eigenvalue weighted by Gasteiger charge is -2.24. The van der Waals surface area contributed by atoms with Crippen LogP contribution in [0.1, 0.15) is 72.6 Å². The molecule has 1 aromatic heterocycles. The Morgan fingerprint density at radius 3 is 2.45 bits per heavy atom. The Morgan fingerprint density at radius 1 is 1.12 bits per heavy atom. The van der Waals surface area contributed by atoms with Gasteiger partial charge in [0.05, 0.1) is 11.8 Å². The van der Waals surface area contributed by atoms with E-state index in [2.05, 4.69) is 4.72 Å². The van der Waals surface area contributed by atoms with E-state index in [0.29, 0.717) is 33.6 Å². The Hall–Kier alpha value is -2.79. The number of halogens is 1. The number of nitrogens with zero attached hydrogens (tertiary/aromatic N) is 1. The number of carbonyl (C=O) groups excluding carboxylic acids is 1. The second-order valence-corrected chi connectivity index (χ2v) is 14.0. The molecule has 0 radical (unpaired) electrons. The zero-order chi connectivity index (χ0) is 29.0. The second kappa shape index (κ2) is 12.8. The minimum Gasteiger partial charge on any atom is -0.598 e. The summed E-state index contributed by atoms with van der Waals surface area (Å²) >= 11 is -1.31. The molecule has 10 heteroatoms. The van der Waals surface area contributed by atoms with Crippen LogP contribution in [0.2, 0.25) is 0 Å². The lowest BCUT2D eigenvalue weighted by atomic mass is 9.88. The van der Waals surface area contributed by atoms with Gasteiger partial charge in [0.2, 0.25) is 0 Å². The van der Waals surface area contributed by atoms with Gasteiger partial charge in [0.25, 0.3) is 5.56 Å². The third kappa shape index (κ3) is 7.28. The van der Waals surface area contributed by atoms with E-state index >= 15 is 0 Å². The molecule has 1 fully saturated rings. The van der Waals surface area contributed by atoms with E-state index in [9.17, 15) is 27.0 Å². The fraction of sp³-hybridized carbons (Fsp3) is 0.400. The lowest BCUT2D eigenvalue weighted by molar-refractivity contribution is 0.103. The average Bonchev–Trinajstić information content (AvgIpc) is 3.77. The quantitative estimate of drug-likeness (QED) is 0.226. The van der Waals surface area contributed by atoms with E-state index in [1.165, 1.54) is 34.9 Å². The molecule has 0 saturated heterocycles. The van der Waals surface area contributed by atoms with Crippen LogP contribution in [-0.4, -0.2) is 34.8 Å². The van der Waals surface area contributed by atoms with Gasteiger partial charge in [-0.2, -0.15) is 0 Å². The number of aromatic nitrogens is 1. The van der Waals surface area contributed by atoms with Gasteiger partial charge in [-0.1, -0.05) is 32.4 Å². The SMILES string of the molecule is CCCC[S@+]([O-])N[C@H](c1cc(=O)n(C)cc1-c1cc(CS(=O)(=O)CC)ccc1C(=O)c1ccc(F)cc1)C1CC1. The third-order valence-corrected chi connectivity index (χ3v) is 10.0. The molecule has 0 amide bonds. The zero-order valence-electron chi connectivity index (χ0n) is 23.0. The van der Waals surface area contributed by atoms with Crippen LogP contribution in [0, 0.1) is 11.7 Å². The van der Waals surface area contributed by atoms with Crippen molar-refractivity contribution in [3.63, 3.8) is 0 Å². The highest BCUT2D eigenvalue weighted by Gasteiger charge is 2.37. The predicted molar refractivity (Wildman–Crippen MR) is 157 cm³/mol. The summed E-state index contributed by atoms with van der Waals surface area (Å²) in [6.07, 6.45) is 5.17. The van der Waals surface area contributed by atoms with Crippen LogP contribution in [0.4, 0.5) is 4.39 Å². The molecule has 7 nitrogen and oxygen atoms in total. The van der Waals surface area contributed by atoms with Gasteiger partial charge in [-0.3, -0.25) is 9.59 Å². The number of carbonyl (C=O) groups is 1. The molecule has 1 saturated carbocycles. The minimum atomic E-state index is -3.37. The van der Waals surface area contributed by atoms with Crippen LogP contribution >= 0.6 is 0 Å². The van der Waals surface area contributed by atoms with Crippen molar-refractivity contribution in [3.05, 3.63) is 93.2 Å². The Labute approximate surface area is 238 Å².